The van der Waals surface area contributed by atoms with Gasteiger partial charge in [0, 0.05) is 29.8 Å². The summed E-state index contributed by atoms with van der Waals surface area (Å²) < 4.78 is 51.6. The molecule has 41 heavy (non-hydrogen) atoms. The first kappa shape index (κ1) is 30.4. The van der Waals surface area contributed by atoms with Gasteiger partial charge in [-0.25, -0.2) is 17.7 Å². The Labute approximate surface area is 241 Å². The molecule has 0 spiro atoms. The highest BCUT2D eigenvalue weighted by Crippen LogP contribution is 2.36. The first-order valence-corrected chi connectivity index (χ1v) is 15.1. The monoisotopic (exact) mass is 582 g/mol. The summed E-state index contributed by atoms with van der Waals surface area (Å²) in [4.78, 5) is 4.42. The fraction of sp³-hybridized carbons (Fsp3) is 0.400. The van der Waals surface area contributed by atoms with E-state index in [0.29, 0.717) is 41.8 Å². The van der Waals surface area contributed by atoms with Crippen molar-refractivity contribution in [3.63, 3.8) is 0 Å². The SMILES string of the molecule is CCC(C)NCCc1cc(-c2ncco2)ccc1-c1ccccc1S(=O)(=O)N(COCCOC)c1onc(C)c1C. The second-order valence-corrected chi connectivity index (χ2v) is 11.6. The summed E-state index contributed by atoms with van der Waals surface area (Å²) >= 11 is 0. The zero-order chi connectivity index (χ0) is 29.4. The molecule has 4 rings (SSSR count). The molecule has 2 aromatic heterocycles. The van der Waals surface area contributed by atoms with E-state index in [0.717, 1.165) is 34.0 Å². The molecule has 2 heterocycles. The second kappa shape index (κ2) is 13.9. The van der Waals surface area contributed by atoms with Crippen molar-refractivity contribution < 1.29 is 26.8 Å². The highest BCUT2D eigenvalue weighted by atomic mass is 32.2. The Morgan fingerprint density at radius 2 is 1.90 bits per heavy atom. The van der Waals surface area contributed by atoms with Crippen molar-refractivity contribution in [3.05, 3.63) is 71.7 Å². The number of methoxy groups -OCH3 is 1. The van der Waals surface area contributed by atoms with Crippen LogP contribution in [0.4, 0.5) is 5.88 Å². The number of ether oxygens (including phenoxy) is 2. The van der Waals surface area contributed by atoms with Crippen LogP contribution < -0.4 is 9.62 Å². The minimum atomic E-state index is -4.15. The largest absolute Gasteiger partial charge is 0.445 e. The van der Waals surface area contributed by atoms with Crippen LogP contribution in [0.3, 0.4) is 0 Å². The van der Waals surface area contributed by atoms with E-state index in [1.807, 2.05) is 30.3 Å². The number of sulfonamides is 1. The summed E-state index contributed by atoms with van der Waals surface area (Å²) in [7, 11) is -2.59. The average Bonchev–Trinajstić information content (AvgIpc) is 3.63. The third kappa shape index (κ3) is 7.05. The molecular weight excluding hydrogens is 544 g/mol. The van der Waals surface area contributed by atoms with Gasteiger partial charge in [0.05, 0.1) is 30.0 Å². The number of benzene rings is 2. The van der Waals surface area contributed by atoms with Crippen LogP contribution in [0.25, 0.3) is 22.6 Å². The van der Waals surface area contributed by atoms with Gasteiger partial charge in [-0.1, -0.05) is 36.3 Å². The smallest absolute Gasteiger partial charge is 0.269 e. The number of nitrogens with zero attached hydrogens (tertiary/aromatic N) is 3. The molecule has 4 aromatic rings. The molecule has 0 saturated heterocycles. The summed E-state index contributed by atoms with van der Waals surface area (Å²) in [5, 5.41) is 7.52. The Bertz CT molecular complexity index is 1520. The molecule has 0 radical (unpaired) electrons. The van der Waals surface area contributed by atoms with Gasteiger partial charge in [0.15, 0.2) is 0 Å². The van der Waals surface area contributed by atoms with Crippen LogP contribution >= 0.6 is 0 Å². The minimum absolute atomic E-state index is 0.118. The number of hydrogen-bond donors (Lipinski definition) is 1. The molecule has 11 heteroatoms. The van der Waals surface area contributed by atoms with Crippen LogP contribution in [0.2, 0.25) is 0 Å². The maximum Gasteiger partial charge on any atom is 0.269 e. The molecule has 0 fully saturated rings. The van der Waals surface area contributed by atoms with Crippen LogP contribution in [-0.4, -0.2) is 58.2 Å². The quantitative estimate of drug-likeness (QED) is 0.146. The Morgan fingerprint density at radius 3 is 2.59 bits per heavy atom. The number of oxazole rings is 1. The number of nitrogens with one attached hydrogen (secondary N) is 1. The molecule has 0 amide bonds. The van der Waals surface area contributed by atoms with Gasteiger partial charge >= 0.3 is 0 Å². The van der Waals surface area contributed by atoms with Crippen molar-refractivity contribution in [2.45, 2.75) is 51.5 Å². The highest BCUT2D eigenvalue weighted by Gasteiger charge is 2.32. The highest BCUT2D eigenvalue weighted by molar-refractivity contribution is 7.93. The van der Waals surface area contributed by atoms with Crippen molar-refractivity contribution >= 4 is 15.9 Å². The number of rotatable bonds is 15. The number of hydrogen-bond acceptors (Lipinski definition) is 9. The molecule has 220 valence electrons. The molecule has 10 nitrogen and oxygen atoms in total. The number of aryl methyl sites for hydroxylation is 1. The van der Waals surface area contributed by atoms with Crippen molar-refractivity contribution in [2.24, 2.45) is 0 Å². The van der Waals surface area contributed by atoms with E-state index >= 15 is 0 Å². The van der Waals surface area contributed by atoms with Gasteiger partial charge in [-0.05, 0) is 69.5 Å². The molecule has 1 N–H and O–H groups in total. The van der Waals surface area contributed by atoms with Crippen LogP contribution in [-0.2, 0) is 25.9 Å². The summed E-state index contributed by atoms with van der Waals surface area (Å²) in [6.07, 6.45) is 4.82. The van der Waals surface area contributed by atoms with Crippen LogP contribution in [0.5, 0.6) is 0 Å². The third-order valence-corrected chi connectivity index (χ3v) is 8.79. The number of aromatic nitrogens is 2. The van der Waals surface area contributed by atoms with Gasteiger partial charge in [0.2, 0.25) is 11.8 Å². The molecule has 1 atom stereocenters. The zero-order valence-corrected chi connectivity index (χ0v) is 25.0. The molecule has 1 unspecified atom stereocenters. The summed E-state index contributed by atoms with van der Waals surface area (Å²) in [6.45, 7) is 8.82. The van der Waals surface area contributed by atoms with Crippen LogP contribution in [0.15, 0.2) is 68.8 Å². The first-order valence-electron chi connectivity index (χ1n) is 13.7. The van der Waals surface area contributed by atoms with Gasteiger partial charge in [-0.3, -0.25) is 0 Å². The molecule has 0 bridgehead atoms. The first-order chi connectivity index (χ1) is 19.8. The summed E-state index contributed by atoms with van der Waals surface area (Å²) in [6, 6.07) is 13.2. The Morgan fingerprint density at radius 1 is 1.10 bits per heavy atom. The topological polar surface area (TPSA) is 120 Å². The zero-order valence-electron chi connectivity index (χ0n) is 24.2. The lowest BCUT2D eigenvalue weighted by molar-refractivity contribution is 0.0744. The van der Waals surface area contributed by atoms with Crippen LogP contribution in [0.1, 0.15) is 37.1 Å². The molecular formula is C30H38N4O6S. The van der Waals surface area contributed by atoms with Gasteiger partial charge in [0.25, 0.3) is 10.0 Å². The van der Waals surface area contributed by atoms with E-state index in [9.17, 15) is 8.42 Å². The van der Waals surface area contributed by atoms with Crippen molar-refractivity contribution in [3.8, 4) is 22.6 Å². The van der Waals surface area contributed by atoms with E-state index in [1.54, 1.807) is 39.3 Å². The Balaban J connectivity index is 1.79. The van der Waals surface area contributed by atoms with Crippen molar-refractivity contribution in [1.82, 2.24) is 15.5 Å². The Kier molecular flexibility index (Phi) is 10.3. The van der Waals surface area contributed by atoms with Gasteiger partial charge < -0.3 is 23.7 Å². The summed E-state index contributed by atoms with van der Waals surface area (Å²) in [5.41, 5.74) is 4.38. The average molecular weight is 583 g/mol. The molecule has 0 saturated carbocycles. The van der Waals surface area contributed by atoms with Crippen molar-refractivity contribution in [1.29, 1.82) is 0 Å². The maximum atomic E-state index is 14.3. The van der Waals surface area contributed by atoms with E-state index in [1.165, 1.54) is 6.26 Å². The second-order valence-electron chi connectivity index (χ2n) is 9.80. The van der Waals surface area contributed by atoms with E-state index < -0.39 is 10.0 Å². The fourth-order valence-electron chi connectivity index (χ4n) is 4.36. The lowest BCUT2D eigenvalue weighted by atomic mass is 9.95. The predicted molar refractivity (Wildman–Crippen MR) is 157 cm³/mol. The number of anilines is 1. The standard InChI is InChI=1S/C30H38N4O6S/c1-6-21(2)31-14-13-24-19-25(29-32-15-16-39-29)11-12-26(24)27-9-7-8-10-28(27)41(35,36)34(20-38-18-17-37-5)30-22(3)23(4)33-40-30/h7-12,15-16,19,21,31H,6,13-14,17-18,20H2,1-5H3. The summed E-state index contributed by atoms with van der Waals surface area (Å²) in [5.74, 6) is 0.621. The van der Waals surface area contributed by atoms with E-state index in [2.05, 4.69) is 29.3 Å². The normalized spacial score (nSPS) is 12.5. The Hall–Kier alpha value is -3.51. The minimum Gasteiger partial charge on any atom is -0.445 e. The van der Waals surface area contributed by atoms with Crippen LogP contribution in [0, 0.1) is 13.8 Å². The van der Waals surface area contributed by atoms with E-state index in [-0.39, 0.29) is 24.1 Å². The lowest BCUT2D eigenvalue weighted by Crippen LogP contribution is -2.34. The van der Waals surface area contributed by atoms with Gasteiger partial charge in [-0.2, -0.15) is 0 Å². The molecule has 0 aliphatic heterocycles. The molecule has 2 aromatic carbocycles. The lowest BCUT2D eigenvalue weighted by Gasteiger charge is -2.24. The predicted octanol–water partition coefficient (Wildman–Crippen LogP) is 5.36. The van der Waals surface area contributed by atoms with Gasteiger partial charge in [0.1, 0.15) is 13.0 Å². The fourth-order valence-corrected chi connectivity index (χ4v) is 5.90. The maximum absolute atomic E-state index is 14.3. The third-order valence-electron chi connectivity index (χ3n) is 7.03. The van der Waals surface area contributed by atoms with E-state index in [4.69, 9.17) is 18.4 Å². The molecule has 0 aliphatic carbocycles. The molecule has 0 aliphatic rings. The van der Waals surface area contributed by atoms with Crippen molar-refractivity contribution in [2.75, 3.05) is 37.9 Å². The van der Waals surface area contributed by atoms with Gasteiger partial charge in [-0.15, -0.1) is 0 Å².